The summed E-state index contributed by atoms with van der Waals surface area (Å²) in [6.45, 7) is 9.70. The third-order valence-corrected chi connectivity index (χ3v) is 3.77. The van der Waals surface area contributed by atoms with E-state index in [0.29, 0.717) is 16.7 Å². The SMILES string of the molecule is COCCC(C)C(CSC(C)(C)C)NN. The number of ether oxygens (including phenoxy) is 1. The van der Waals surface area contributed by atoms with E-state index in [2.05, 4.69) is 33.1 Å². The van der Waals surface area contributed by atoms with Crippen molar-refractivity contribution in [3.63, 3.8) is 0 Å². The van der Waals surface area contributed by atoms with Gasteiger partial charge < -0.3 is 4.74 Å². The minimum atomic E-state index is 0.302. The van der Waals surface area contributed by atoms with Gasteiger partial charge in [0.2, 0.25) is 0 Å². The van der Waals surface area contributed by atoms with E-state index in [-0.39, 0.29) is 0 Å². The zero-order valence-corrected chi connectivity index (χ0v) is 11.5. The lowest BCUT2D eigenvalue weighted by Gasteiger charge is -2.26. The first-order valence-electron chi connectivity index (χ1n) is 5.49. The van der Waals surface area contributed by atoms with Crippen LogP contribution in [0.15, 0.2) is 0 Å². The highest BCUT2D eigenvalue weighted by atomic mass is 32.2. The van der Waals surface area contributed by atoms with Crippen molar-refractivity contribution in [3.05, 3.63) is 0 Å². The summed E-state index contributed by atoms with van der Waals surface area (Å²) in [5.41, 5.74) is 2.91. The molecule has 0 aliphatic heterocycles. The van der Waals surface area contributed by atoms with Gasteiger partial charge in [-0.3, -0.25) is 11.3 Å². The Labute approximate surface area is 98.5 Å². The number of methoxy groups -OCH3 is 1. The van der Waals surface area contributed by atoms with E-state index >= 15 is 0 Å². The van der Waals surface area contributed by atoms with E-state index in [1.165, 1.54) is 0 Å². The van der Waals surface area contributed by atoms with Crippen LogP contribution >= 0.6 is 11.8 Å². The maximum atomic E-state index is 5.57. The van der Waals surface area contributed by atoms with Gasteiger partial charge in [-0.1, -0.05) is 27.7 Å². The van der Waals surface area contributed by atoms with Crippen molar-refractivity contribution in [3.8, 4) is 0 Å². The Morgan fingerprint density at radius 2 is 2.00 bits per heavy atom. The third-order valence-electron chi connectivity index (χ3n) is 2.37. The third kappa shape index (κ3) is 8.08. The smallest absolute Gasteiger partial charge is 0.0465 e. The van der Waals surface area contributed by atoms with Crippen LogP contribution in [0.3, 0.4) is 0 Å². The highest BCUT2D eigenvalue weighted by molar-refractivity contribution is 8.00. The fraction of sp³-hybridized carbons (Fsp3) is 1.00. The zero-order valence-electron chi connectivity index (χ0n) is 10.7. The summed E-state index contributed by atoms with van der Waals surface area (Å²) in [7, 11) is 1.74. The largest absolute Gasteiger partial charge is 0.385 e. The maximum Gasteiger partial charge on any atom is 0.0465 e. The molecule has 0 saturated carbocycles. The molecule has 2 atom stereocenters. The molecule has 0 aromatic heterocycles. The van der Waals surface area contributed by atoms with Crippen LogP contribution in [0.25, 0.3) is 0 Å². The molecule has 0 aromatic carbocycles. The quantitative estimate of drug-likeness (QED) is 0.523. The van der Waals surface area contributed by atoms with E-state index in [4.69, 9.17) is 10.6 Å². The molecule has 0 aliphatic carbocycles. The molecule has 0 saturated heterocycles. The number of rotatable bonds is 7. The molecule has 0 aromatic rings. The van der Waals surface area contributed by atoms with Crippen LogP contribution in [0, 0.1) is 5.92 Å². The van der Waals surface area contributed by atoms with Gasteiger partial charge in [0.05, 0.1) is 0 Å². The standard InChI is InChI=1S/C11H26N2OS/c1-9(6-7-14-5)10(13-12)8-15-11(2,3)4/h9-10,13H,6-8,12H2,1-5H3. The number of hydrogen-bond donors (Lipinski definition) is 2. The highest BCUT2D eigenvalue weighted by Crippen LogP contribution is 2.25. The maximum absolute atomic E-state index is 5.57. The van der Waals surface area contributed by atoms with Crippen LogP contribution in [0.5, 0.6) is 0 Å². The van der Waals surface area contributed by atoms with Crippen LogP contribution in [0.2, 0.25) is 0 Å². The van der Waals surface area contributed by atoms with Crippen LogP contribution in [-0.2, 0) is 4.74 Å². The molecule has 3 N–H and O–H groups in total. The van der Waals surface area contributed by atoms with Gasteiger partial charge in [-0.05, 0) is 12.3 Å². The van der Waals surface area contributed by atoms with Gasteiger partial charge in [-0.2, -0.15) is 11.8 Å². The van der Waals surface area contributed by atoms with Gasteiger partial charge >= 0.3 is 0 Å². The van der Waals surface area contributed by atoms with Crippen molar-refractivity contribution in [2.45, 2.75) is 44.9 Å². The molecule has 15 heavy (non-hydrogen) atoms. The minimum absolute atomic E-state index is 0.302. The molecule has 4 heteroatoms. The number of hydrogen-bond acceptors (Lipinski definition) is 4. The van der Waals surface area contributed by atoms with E-state index in [0.717, 1.165) is 18.8 Å². The molecule has 3 nitrogen and oxygen atoms in total. The summed E-state index contributed by atoms with van der Waals surface area (Å²) in [5, 5.41) is 0. The molecule has 0 radical (unpaired) electrons. The second-order valence-corrected chi connectivity index (χ2v) is 6.80. The van der Waals surface area contributed by atoms with Gasteiger partial charge in [0.1, 0.15) is 0 Å². The second kappa shape index (κ2) is 7.49. The van der Waals surface area contributed by atoms with Crippen LogP contribution in [0.4, 0.5) is 0 Å². The lowest BCUT2D eigenvalue weighted by atomic mass is 10.0. The van der Waals surface area contributed by atoms with E-state index < -0.39 is 0 Å². The van der Waals surface area contributed by atoms with Gasteiger partial charge in [-0.25, -0.2) is 0 Å². The minimum Gasteiger partial charge on any atom is -0.385 e. The summed E-state index contributed by atoms with van der Waals surface area (Å²) < 4.78 is 5.38. The fourth-order valence-corrected chi connectivity index (χ4v) is 2.33. The average molecular weight is 234 g/mol. The monoisotopic (exact) mass is 234 g/mol. The van der Waals surface area contributed by atoms with Crippen molar-refractivity contribution in [1.29, 1.82) is 0 Å². The lowest BCUT2D eigenvalue weighted by molar-refractivity contribution is 0.172. The van der Waals surface area contributed by atoms with Crippen molar-refractivity contribution < 1.29 is 4.74 Å². The van der Waals surface area contributed by atoms with Crippen molar-refractivity contribution in [2.75, 3.05) is 19.5 Å². The Hall–Kier alpha value is 0.230. The first-order valence-corrected chi connectivity index (χ1v) is 6.48. The number of nitrogens with one attached hydrogen (secondary N) is 1. The normalized spacial score (nSPS) is 16.4. The summed E-state index contributed by atoms with van der Waals surface area (Å²) in [5.74, 6) is 7.16. The first-order chi connectivity index (χ1) is 6.90. The van der Waals surface area contributed by atoms with Gasteiger partial charge in [0.15, 0.2) is 0 Å². The molecule has 0 spiro atoms. The molecule has 0 fully saturated rings. The highest BCUT2D eigenvalue weighted by Gasteiger charge is 2.19. The predicted octanol–water partition coefficient (Wildman–Crippen LogP) is 2.02. The Kier molecular flexibility index (Phi) is 7.61. The molecule has 0 amide bonds. The number of thioether (sulfide) groups is 1. The zero-order chi connectivity index (χ0) is 11.9. The summed E-state index contributed by atoms with van der Waals surface area (Å²) in [6.07, 6.45) is 1.05. The van der Waals surface area contributed by atoms with E-state index in [1.807, 2.05) is 11.8 Å². The van der Waals surface area contributed by atoms with Crippen molar-refractivity contribution >= 4 is 11.8 Å². The van der Waals surface area contributed by atoms with Crippen molar-refractivity contribution in [2.24, 2.45) is 11.8 Å². The Bertz CT molecular complexity index is 159. The Balaban J connectivity index is 3.90. The van der Waals surface area contributed by atoms with E-state index in [9.17, 15) is 0 Å². The molecule has 92 valence electrons. The van der Waals surface area contributed by atoms with Gasteiger partial charge in [0.25, 0.3) is 0 Å². The topological polar surface area (TPSA) is 47.3 Å². The predicted molar refractivity (Wildman–Crippen MR) is 69.0 cm³/mol. The Morgan fingerprint density at radius 1 is 1.40 bits per heavy atom. The summed E-state index contributed by atoms with van der Waals surface area (Å²) in [6, 6.07) is 0.365. The number of hydrazine groups is 1. The summed E-state index contributed by atoms with van der Waals surface area (Å²) in [4.78, 5) is 0. The number of nitrogens with two attached hydrogens (primary N) is 1. The van der Waals surface area contributed by atoms with Crippen LogP contribution in [0.1, 0.15) is 34.1 Å². The van der Waals surface area contributed by atoms with Crippen molar-refractivity contribution in [1.82, 2.24) is 5.43 Å². The Morgan fingerprint density at radius 3 is 2.40 bits per heavy atom. The average Bonchev–Trinajstić information content (AvgIpc) is 2.13. The van der Waals surface area contributed by atoms with Gasteiger partial charge in [0, 0.05) is 30.3 Å². The molecule has 2 unspecified atom stereocenters. The molecular formula is C11H26N2OS. The molecule has 0 heterocycles. The second-order valence-electron chi connectivity index (χ2n) is 4.96. The van der Waals surface area contributed by atoms with E-state index in [1.54, 1.807) is 7.11 Å². The first kappa shape index (κ1) is 15.2. The van der Waals surface area contributed by atoms with Crippen LogP contribution in [-0.4, -0.2) is 30.3 Å². The summed E-state index contributed by atoms with van der Waals surface area (Å²) >= 11 is 1.94. The van der Waals surface area contributed by atoms with Gasteiger partial charge in [-0.15, -0.1) is 0 Å². The fourth-order valence-electron chi connectivity index (χ4n) is 1.22. The molecule has 0 rings (SSSR count). The molecule has 0 bridgehead atoms. The lowest BCUT2D eigenvalue weighted by Crippen LogP contribution is -2.42. The molecular weight excluding hydrogens is 208 g/mol. The molecule has 0 aliphatic rings. The van der Waals surface area contributed by atoms with Crippen LogP contribution < -0.4 is 11.3 Å².